The molecule has 7 rings (SSSR count). The van der Waals surface area contributed by atoms with Crippen LogP contribution in [0.4, 0.5) is 5.69 Å². The third kappa shape index (κ3) is 8.42. The van der Waals surface area contributed by atoms with Crippen LogP contribution in [0, 0.1) is 0 Å². The molecule has 2 aliphatic rings. The van der Waals surface area contributed by atoms with Crippen molar-refractivity contribution in [2.75, 3.05) is 71.3 Å². The highest BCUT2D eigenvalue weighted by Gasteiger charge is 2.45. The zero-order valence-electron chi connectivity index (χ0n) is 29.6. The Hall–Kier alpha value is -5.67. The van der Waals surface area contributed by atoms with Gasteiger partial charge in [0.15, 0.2) is 0 Å². The highest BCUT2D eigenvalue weighted by molar-refractivity contribution is 6.25. The average molecular weight is 736 g/mol. The summed E-state index contributed by atoms with van der Waals surface area (Å²) < 4.78 is 28.2. The van der Waals surface area contributed by atoms with Gasteiger partial charge in [-0.25, -0.2) is 0 Å². The predicted octanol–water partition coefficient (Wildman–Crippen LogP) is 4.34. The maximum absolute atomic E-state index is 13.2. The van der Waals surface area contributed by atoms with Crippen molar-refractivity contribution < 1.29 is 42.9 Å². The van der Waals surface area contributed by atoms with E-state index in [4.69, 9.17) is 23.7 Å². The van der Waals surface area contributed by atoms with E-state index in [0.717, 1.165) is 43.6 Å². The number of anilines is 1. The predicted molar refractivity (Wildman–Crippen MR) is 199 cm³/mol. The monoisotopic (exact) mass is 735 g/mol. The van der Waals surface area contributed by atoms with E-state index >= 15 is 0 Å². The Bertz CT molecular complexity index is 2130. The number of H-pyrrole nitrogens is 1. The first-order valence-corrected chi connectivity index (χ1v) is 18.0. The van der Waals surface area contributed by atoms with Gasteiger partial charge in [-0.3, -0.25) is 34.4 Å². The first kappa shape index (κ1) is 36.7. The molecular formula is C40H41N5O9. The molecule has 4 amide bonds. The molecule has 2 aromatic heterocycles. The molecule has 3 N–H and O–H groups in total. The van der Waals surface area contributed by atoms with Gasteiger partial charge < -0.3 is 34.0 Å². The highest BCUT2D eigenvalue weighted by atomic mass is 16.6. The smallest absolute Gasteiger partial charge is 0.264 e. The highest BCUT2D eigenvalue weighted by Crippen LogP contribution is 2.33. The van der Waals surface area contributed by atoms with Crippen molar-refractivity contribution in [2.24, 2.45) is 0 Å². The lowest BCUT2D eigenvalue weighted by Crippen LogP contribution is -2.54. The van der Waals surface area contributed by atoms with Crippen molar-refractivity contribution in [3.8, 4) is 16.9 Å². The van der Waals surface area contributed by atoms with Crippen LogP contribution in [0.3, 0.4) is 0 Å². The molecule has 0 radical (unpaired) electrons. The molecule has 54 heavy (non-hydrogen) atoms. The number of hydrogen-bond donors (Lipinski definition) is 3. The third-order valence-electron chi connectivity index (χ3n) is 9.23. The molecule has 14 nitrogen and oxygen atoms in total. The number of aromatic nitrogens is 2. The summed E-state index contributed by atoms with van der Waals surface area (Å²) in [7, 11) is 0. The Labute approximate surface area is 311 Å². The number of ether oxygens (including phenoxy) is 5. The molecule has 14 heteroatoms. The number of fused-ring (bicyclic) bond motifs is 4. The van der Waals surface area contributed by atoms with Crippen LogP contribution in [0.15, 0.2) is 79.1 Å². The lowest BCUT2D eigenvalue weighted by atomic mass is 10.0. The van der Waals surface area contributed by atoms with Crippen LogP contribution < -0.4 is 15.4 Å². The SMILES string of the molecule is O=C1CCC(N2C(=O)c3cccc(NCCOCCOCCOCCOCCOc4ccc(-c5ccc6c(c5)[nH]c5ccncc56)cc4)c3C2=O)C(=O)N1. The molecule has 4 heterocycles. The van der Waals surface area contributed by atoms with E-state index in [0.29, 0.717) is 71.7 Å². The van der Waals surface area contributed by atoms with Crippen LogP contribution in [-0.4, -0.2) is 111 Å². The Morgan fingerprint density at radius 3 is 2.17 bits per heavy atom. The number of imide groups is 2. The summed E-state index contributed by atoms with van der Waals surface area (Å²) in [4.78, 5) is 58.6. The average Bonchev–Trinajstić information content (AvgIpc) is 3.68. The van der Waals surface area contributed by atoms with Crippen LogP contribution in [0.1, 0.15) is 33.6 Å². The second kappa shape index (κ2) is 17.4. The first-order chi connectivity index (χ1) is 26.5. The minimum Gasteiger partial charge on any atom is -0.491 e. The van der Waals surface area contributed by atoms with Crippen LogP contribution >= 0.6 is 0 Å². The number of rotatable bonds is 19. The van der Waals surface area contributed by atoms with Crippen molar-refractivity contribution >= 4 is 51.1 Å². The molecule has 2 aliphatic heterocycles. The van der Waals surface area contributed by atoms with Gasteiger partial charge in [0.05, 0.1) is 64.0 Å². The van der Waals surface area contributed by atoms with Gasteiger partial charge in [-0.15, -0.1) is 0 Å². The molecule has 1 atom stereocenters. The molecule has 280 valence electrons. The number of benzene rings is 3. The van der Waals surface area contributed by atoms with Gasteiger partial charge in [0.25, 0.3) is 11.8 Å². The van der Waals surface area contributed by atoms with Gasteiger partial charge in [0.1, 0.15) is 18.4 Å². The molecule has 0 aliphatic carbocycles. The van der Waals surface area contributed by atoms with E-state index in [1.54, 1.807) is 24.4 Å². The van der Waals surface area contributed by atoms with Gasteiger partial charge in [0, 0.05) is 52.9 Å². The molecular weight excluding hydrogens is 694 g/mol. The number of carbonyl (C=O) groups is 4. The number of carbonyl (C=O) groups excluding carboxylic acids is 4. The fourth-order valence-electron chi connectivity index (χ4n) is 6.57. The van der Waals surface area contributed by atoms with Gasteiger partial charge in [-0.2, -0.15) is 0 Å². The molecule has 0 bridgehead atoms. The van der Waals surface area contributed by atoms with Crippen molar-refractivity contribution in [3.05, 3.63) is 90.3 Å². The fourth-order valence-corrected chi connectivity index (χ4v) is 6.57. The number of amides is 4. The van der Waals surface area contributed by atoms with Crippen molar-refractivity contribution in [3.63, 3.8) is 0 Å². The van der Waals surface area contributed by atoms with E-state index in [2.05, 4.69) is 50.9 Å². The van der Waals surface area contributed by atoms with E-state index in [-0.39, 0.29) is 24.0 Å². The molecule has 1 fully saturated rings. The second-order valence-corrected chi connectivity index (χ2v) is 12.7. The zero-order valence-corrected chi connectivity index (χ0v) is 29.6. The summed E-state index contributed by atoms with van der Waals surface area (Å²) in [5.74, 6) is -1.38. The van der Waals surface area contributed by atoms with Crippen LogP contribution in [0.2, 0.25) is 0 Å². The topological polar surface area (TPSA) is 170 Å². The van der Waals surface area contributed by atoms with Crippen LogP contribution in [0.5, 0.6) is 5.75 Å². The van der Waals surface area contributed by atoms with E-state index in [1.807, 2.05) is 24.4 Å². The number of pyridine rings is 1. The zero-order chi connectivity index (χ0) is 37.3. The maximum Gasteiger partial charge on any atom is 0.264 e. The molecule has 3 aromatic carbocycles. The van der Waals surface area contributed by atoms with Crippen molar-refractivity contribution in [1.82, 2.24) is 20.2 Å². The Kier molecular flexibility index (Phi) is 11.8. The van der Waals surface area contributed by atoms with Gasteiger partial charge in [-0.1, -0.05) is 30.3 Å². The summed E-state index contributed by atoms with van der Waals surface area (Å²) in [6, 6.07) is 20.3. The van der Waals surface area contributed by atoms with Crippen LogP contribution in [-0.2, 0) is 28.5 Å². The number of nitrogens with one attached hydrogen (secondary N) is 3. The number of hydrogen-bond acceptors (Lipinski definition) is 11. The van der Waals surface area contributed by atoms with Crippen molar-refractivity contribution in [2.45, 2.75) is 18.9 Å². The number of aromatic amines is 1. The molecule has 0 saturated carbocycles. The Morgan fingerprint density at radius 2 is 1.43 bits per heavy atom. The fraction of sp³-hybridized carbons (Fsp3) is 0.325. The molecule has 0 spiro atoms. The maximum atomic E-state index is 13.2. The molecule has 5 aromatic rings. The summed E-state index contributed by atoms with van der Waals surface area (Å²) in [6.07, 6.45) is 3.85. The Morgan fingerprint density at radius 1 is 0.722 bits per heavy atom. The minimum absolute atomic E-state index is 0.0676. The molecule has 1 unspecified atom stereocenters. The summed E-state index contributed by atoms with van der Waals surface area (Å²) in [5.41, 5.74) is 5.30. The van der Waals surface area contributed by atoms with Gasteiger partial charge in [0.2, 0.25) is 11.8 Å². The van der Waals surface area contributed by atoms with E-state index < -0.39 is 29.7 Å². The lowest BCUT2D eigenvalue weighted by Gasteiger charge is -2.27. The van der Waals surface area contributed by atoms with Gasteiger partial charge in [-0.05, 0) is 53.9 Å². The molecule has 1 saturated heterocycles. The first-order valence-electron chi connectivity index (χ1n) is 18.0. The van der Waals surface area contributed by atoms with E-state index in [9.17, 15) is 19.2 Å². The minimum atomic E-state index is -1.01. The van der Waals surface area contributed by atoms with E-state index in [1.165, 1.54) is 0 Å². The summed E-state index contributed by atoms with van der Waals surface area (Å²) >= 11 is 0. The summed E-state index contributed by atoms with van der Waals surface area (Å²) in [6.45, 7) is 4.12. The summed E-state index contributed by atoms with van der Waals surface area (Å²) in [5, 5.41) is 7.62. The van der Waals surface area contributed by atoms with Crippen molar-refractivity contribution in [1.29, 1.82) is 0 Å². The third-order valence-corrected chi connectivity index (χ3v) is 9.23. The largest absolute Gasteiger partial charge is 0.491 e. The van der Waals surface area contributed by atoms with Crippen LogP contribution in [0.25, 0.3) is 32.9 Å². The quantitative estimate of drug-likeness (QED) is 0.0815. The second-order valence-electron chi connectivity index (χ2n) is 12.7. The standard InChI is InChI=1S/C40H41N5O9/c46-36-11-10-35(38(47)44-36)45-39(48)30-2-1-3-33(37(30)40(45)49)42-14-15-50-16-17-51-18-19-52-20-21-53-22-23-54-28-7-4-26(5-8-28)27-6-9-29-31-25-41-13-12-32(31)43-34(29)24-27/h1-9,12-13,24-25,35,42-43H,10-11,14-23H2,(H,44,46,47). The lowest BCUT2D eigenvalue weighted by molar-refractivity contribution is -0.136. The number of piperidine rings is 1. The normalized spacial score (nSPS) is 15.6. The Balaban J connectivity index is 0.699. The van der Waals surface area contributed by atoms with Gasteiger partial charge >= 0.3 is 0 Å². The number of nitrogens with zero attached hydrogens (tertiary/aromatic N) is 2.